The van der Waals surface area contributed by atoms with Gasteiger partial charge in [0.05, 0.1) is 7.11 Å². The van der Waals surface area contributed by atoms with Crippen LogP contribution in [0, 0.1) is 11.8 Å². The number of anilines is 1. The Morgan fingerprint density at radius 3 is 2.58 bits per heavy atom. The Labute approximate surface area is 147 Å². The van der Waals surface area contributed by atoms with Gasteiger partial charge < -0.3 is 10.1 Å². The average Bonchev–Trinajstić information content (AvgIpc) is 3.15. The summed E-state index contributed by atoms with van der Waals surface area (Å²) in [5, 5.41) is 3.64. The van der Waals surface area contributed by atoms with Crippen LogP contribution < -0.4 is 5.32 Å². The molecule has 0 aliphatic heterocycles. The number of rotatable bonds is 10. The van der Waals surface area contributed by atoms with Gasteiger partial charge in [0.25, 0.3) is 0 Å². The second-order valence-electron chi connectivity index (χ2n) is 7.10. The van der Waals surface area contributed by atoms with Crippen molar-refractivity contribution in [1.29, 1.82) is 0 Å². The molecule has 1 unspecified atom stereocenters. The summed E-state index contributed by atoms with van der Waals surface area (Å²) >= 11 is 0. The summed E-state index contributed by atoms with van der Waals surface area (Å²) in [6.07, 6.45) is 10.9. The van der Waals surface area contributed by atoms with Crippen molar-refractivity contribution < 1.29 is 9.53 Å². The molecule has 1 aliphatic rings. The first kappa shape index (κ1) is 18.8. The van der Waals surface area contributed by atoms with Crippen LogP contribution in [0.25, 0.3) is 0 Å². The molecule has 1 N–H and O–H groups in total. The van der Waals surface area contributed by atoms with Gasteiger partial charge in [0.1, 0.15) is 0 Å². The van der Waals surface area contributed by atoms with Crippen molar-refractivity contribution in [3.8, 4) is 0 Å². The number of unbranched alkanes of at least 4 members (excludes halogenated alkanes) is 1. The van der Waals surface area contributed by atoms with Crippen LogP contribution in [-0.2, 0) is 16.0 Å². The Balaban J connectivity index is 1.81. The molecule has 0 amide bonds. The van der Waals surface area contributed by atoms with Crippen molar-refractivity contribution in [1.82, 2.24) is 0 Å². The van der Waals surface area contributed by atoms with E-state index in [2.05, 4.69) is 36.5 Å². The molecule has 1 aliphatic carbocycles. The highest BCUT2D eigenvalue weighted by atomic mass is 16.5. The molecular weight excluding hydrogens is 298 g/mol. The monoisotopic (exact) mass is 331 g/mol. The molecule has 1 fully saturated rings. The van der Waals surface area contributed by atoms with Crippen LogP contribution in [0.2, 0.25) is 0 Å². The Morgan fingerprint density at radius 1 is 1.25 bits per heavy atom. The molecule has 3 nitrogen and oxygen atoms in total. The number of methoxy groups -OCH3 is 1. The molecule has 0 bridgehead atoms. The quantitative estimate of drug-likeness (QED) is 0.599. The van der Waals surface area contributed by atoms with Crippen LogP contribution in [0.1, 0.15) is 63.9 Å². The van der Waals surface area contributed by atoms with Gasteiger partial charge in [-0.3, -0.25) is 4.79 Å². The Hall–Kier alpha value is -1.51. The van der Waals surface area contributed by atoms with E-state index in [-0.39, 0.29) is 5.97 Å². The fraction of sp³-hybridized carbons (Fsp3) is 0.667. The van der Waals surface area contributed by atoms with Gasteiger partial charge in [-0.15, -0.1) is 0 Å². The number of aryl methyl sites for hydroxylation is 1. The van der Waals surface area contributed by atoms with Gasteiger partial charge in [-0.1, -0.05) is 57.6 Å². The van der Waals surface area contributed by atoms with E-state index < -0.39 is 0 Å². The van der Waals surface area contributed by atoms with Crippen molar-refractivity contribution >= 4 is 11.7 Å². The highest BCUT2D eigenvalue weighted by Crippen LogP contribution is 2.34. The van der Waals surface area contributed by atoms with Crippen molar-refractivity contribution in [3.05, 3.63) is 29.8 Å². The number of nitrogens with one attached hydrogen (secondary N) is 1. The van der Waals surface area contributed by atoms with Crippen LogP contribution in [0.5, 0.6) is 0 Å². The molecule has 3 heteroatoms. The van der Waals surface area contributed by atoms with E-state index in [4.69, 9.17) is 4.74 Å². The van der Waals surface area contributed by atoms with Crippen molar-refractivity contribution in [2.45, 2.75) is 64.7 Å². The van der Waals surface area contributed by atoms with E-state index in [0.29, 0.717) is 6.42 Å². The average molecular weight is 332 g/mol. The number of benzene rings is 1. The number of carbonyl (C=O) groups is 1. The summed E-state index contributed by atoms with van der Waals surface area (Å²) in [4.78, 5) is 11.2. The lowest BCUT2D eigenvalue weighted by Gasteiger charge is -2.24. The number of ether oxygens (including phenoxy) is 1. The zero-order chi connectivity index (χ0) is 17.2. The second kappa shape index (κ2) is 10.4. The van der Waals surface area contributed by atoms with Gasteiger partial charge >= 0.3 is 5.97 Å². The molecule has 134 valence electrons. The van der Waals surface area contributed by atoms with E-state index >= 15 is 0 Å². The van der Waals surface area contributed by atoms with Gasteiger partial charge in [0.2, 0.25) is 0 Å². The molecular formula is C21H33NO2. The molecule has 2 rings (SSSR count). The molecule has 0 heterocycles. The van der Waals surface area contributed by atoms with E-state index in [0.717, 1.165) is 24.8 Å². The zero-order valence-corrected chi connectivity index (χ0v) is 15.4. The van der Waals surface area contributed by atoms with Crippen LogP contribution in [0.15, 0.2) is 24.3 Å². The summed E-state index contributed by atoms with van der Waals surface area (Å²) in [5.74, 6) is 1.59. The lowest BCUT2D eigenvalue weighted by Crippen LogP contribution is -2.21. The predicted molar refractivity (Wildman–Crippen MR) is 100 cm³/mol. The maximum absolute atomic E-state index is 11.2. The molecule has 1 atom stereocenters. The predicted octanol–water partition coefficient (Wildman–Crippen LogP) is 5.20. The highest BCUT2D eigenvalue weighted by molar-refractivity contribution is 5.69. The summed E-state index contributed by atoms with van der Waals surface area (Å²) in [6.45, 7) is 3.37. The third-order valence-electron chi connectivity index (χ3n) is 5.36. The van der Waals surface area contributed by atoms with E-state index in [1.807, 2.05) is 0 Å². The minimum absolute atomic E-state index is 0.146. The van der Waals surface area contributed by atoms with Gasteiger partial charge in [-0.2, -0.15) is 0 Å². The Bertz CT molecular complexity index is 477. The van der Waals surface area contributed by atoms with Gasteiger partial charge in [0, 0.05) is 18.7 Å². The SMILES string of the molecule is CCCCC(CNc1ccc(CCC(=O)OC)cc1)C1CCCC1. The number of carbonyl (C=O) groups excluding carboxylic acids is 1. The topological polar surface area (TPSA) is 38.3 Å². The van der Waals surface area contributed by atoms with Gasteiger partial charge in [-0.05, 0) is 42.4 Å². The van der Waals surface area contributed by atoms with Crippen LogP contribution in [-0.4, -0.2) is 19.6 Å². The zero-order valence-electron chi connectivity index (χ0n) is 15.4. The molecule has 1 saturated carbocycles. The lowest BCUT2D eigenvalue weighted by molar-refractivity contribution is -0.140. The number of hydrogen-bond acceptors (Lipinski definition) is 3. The summed E-state index contributed by atoms with van der Waals surface area (Å²) in [7, 11) is 1.44. The van der Waals surface area contributed by atoms with Gasteiger partial charge in [0.15, 0.2) is 0 Å². The normalized spacial score (nSPS) is 16.1. The second-order valence-corrected chi connectivity index (χ2v) is 7.10. The largest absolute Gasteiger partial charge is 0.469 e. The highest BCUT2D eigenvalue weighted by Gasteiger charge is 2.24. The number of hydrogen-bond donors (Lipinski definition) is 1. The standard InChI is InChI=1S/C21H33NO2/c1-3-4-7-19(18-8-5-6-9-18)16-22-20-13-10-17(11-14-20)12-15-21(23)24-2/h10-11,13-14,18-19,22H,3-9,12,15-16H2,1-2H3. The maximum atomic E-state index is 11.2. The minimum atomic E-state index is -0.146. The van der Waals surface area contributed by atoms with Crippen molar-refractivity contribution in [3.63, 3.8) is 0 Å². The molecule has 0 radical (unpaired) electrons. The summed E-state index contributed by atoms with van der Waals surface area (Å²) in [5.41, 5.74) is 2.38. The Morgan fingerprint density at radius 2 is 1.96 bits per heavy atom. The third kappa shape index (κ3) is 6.18. The molecule has 1 aromatic carbocycles. The molecule has 0 saturated heterocycles. The van der Waals surface area contributed by atoms with E-state index in [9.17, 15) is 4.79 Å². The molecule has 1 aromatic rings. The van der Waals surface area contributed by atoms with E-state index in [1.165, 1.54) is 63.3 Å². The van der Waals surface area contributed by atoms with Crippen molar-refractivity contribution in [2.75, 3.05) is 19.0 Å². The minimum Gasteiger partial charge on any atom is -0.469 e. The molecule has 0 aromatic heterocycles. The smallest absolute Gasteiger partial charge is 0.305 e. The fourth-order valence-electron chi connectivity index (χ4n) is 3.79. The van der Waals surface area contributed by atoms with E-state index in [1.54, 1.807) is 0 Å². The first-order valence-corrected chi connectivity index (χ1v) is 9.62. The number of esters is 1. The van der Waals surface area contributed by atoms with Crippen molar-refractivity contribution in [2.24, 2.45) is 11.8 Å². The third-order valence-corrected chi connectivity index (χ3v) is 5.36. The Kier molecular flexibility index (Phi) is 8.14. The molecule has 24 heavy (non-hydrogen) atoms. The maximum Gasteiger partial charge on any atom is 0.305 e. The molecule has 0 spiro atoms. The first-order chi connectivity index (χ1) is 11.7. The van der Waals surface area contributed by atoms with Crippen LogP contribution in [0.3, 0.4) is 0 Å². The van der Waals surface area contributed by atoms with Crippen LogP contribution in [0.4, 0.5) is 5.69 Å². The summed E-state index contributed by atoms with van der Waals surface area (Å²) < 4.78 is 4.69. The fourth-order valence-corrected chi connectivity index (χ4v) is 3.79. The first-order valence-electron chi connectivity index (χ1n) is 9.62. The summed E-state index contributed by atoms with van der Waals surface area (Å²) in [6, 6.07) is 8.50. The van der Waals surface area contributed by atoms with Crippen LogP contribution >= 0.6 is 0 Å². The van der Waals surface area contributed by atoms with Gasteiger partial charge in [-0.25, -0.2) is 0 Å². The lowest BCUT2D eigenvalue weighted by atomic mass is 9.86.